The van der Waals surface area contributed by atoms with Crippen molar-refractivity contribution >= 4 is 21.9 Å². The maximum absolute atomic E-state index is 13.1. The molecule has 0 aliphatic carbocycles. The number of aliphatic hydroxyl groups is 2. The minimum Gasteiger partial charge on any atom is -0.496 e. The number of rotatable bonds is 4. The summed E-state index contributed by atoms with van der Waals surface area (Å²) in [7, 11) is 2.97. The average molecular weight is 372 g/mol. The van der Waals surface area contributed by atoms with Crippen LogP contribution in [-0.4, -0.2) is 42.7 Å². The van der Waals surface area contributed by atoms with E-state index in [1.54, 1.807) is 24.3 Å². The molecule has 2 unspecified atom stereocenters. The molecule has 2 aromatic carbocycles. The molecule has 0 spiro atoms. The number of aliphatic hydroxyl groups excluding tert-OH is 1. The Labute approximate surface area is 154 Å². The van der Waals surface area contributed by atoms with Gasteiger partial charge in [-0.1, -0.05) is 6.07 Å². The second kappa shape index (κ2) is 6.14. The first-order valence-electron chi connectivity index (χ1n) is 8.54. The van der Waals surface area contributed by atoms with Gasteiger partial charge in [-0.3, -0.25) is 4.79 Å². The van der Waals surface area contributed by atoms with Gasteiger partial charge < -0.3 is 28.8 Å². The molecule has 142 valence electrons. The van der Waals surface area contributed by atoms with E-state index in [9.17, 15) is 15.0 Å². The summed E-state index contributed by atoms with van der Waals surface area (Å²) in [6.07, 6.45) is -0.390. The van der Waals surface area contributed by atoms with Gasteiger partial charge in [-0.25, -0.2) is 0 Å². The summed E-state index contributed by atoms with van der Waals surface area (Å²) in [5, 5.41) is 20.5. The van der Waals surface area contributed by atoms with E-state index in [-0.39, 0.29) is 11.8 Å². The highest BCUT2D eigenvalue weighted by Crippen LogP contribution is 2.43. The molecule has 2 heterocycles. The van der Waals surface area contributed by atoms with Gasteiger partial charge in [-0.2, -0.15) is 0 Å². The van der Waals surface area contributed by atoms with E-state index < -0.39 is 18.3 Å². The summed E-state index contributed by atoms with van der Waals surface area (Å²) < 4.78 is 22.7. The molecular weight excluding hydrogens is 352 g/mol. The summed E-state index contributed by atoms with van der Waals surface area (Å²) in [4.78, 5) is 13.1. The first-order chi connectivity index (χ1) is 12.9. The van der Waals surface area contributed by atoms with Crippen LogP contribution in [0.5, 0.6) is 17.2 Å². The van der Waals surface area contributed by atoms with Crippen molar-refractivity contribution in [2.45, 2.75) is 25.0 Å². The lowest BCUT2D eigenvalue weighted by Crippen LogP contribution is -2.45. The molecule has 0 bridgehead atoms. The number of benzene rings is 2. The van der Waals surface area contributed by atoms with Gasteiger partial charge in [0.05, 0.1) is 26.2 Å². The normalized spacial score (nSPS) is 18.2. The molecule has 7 nitrogen and oxygen atoms in total. The van der Waals surface area contributed by atoms with Gasteiger partial charge in [0.1, 0.15) is 34.2 Å². The smallest absolute Gasteiger partial charge is 0.204 e. The van der Waals surface area contributed by atoms with Gasteiger partial charge in [-0.15, -0.1) is 0 Å². The second-order valence-electron chi connectivity index (χ2n) is 6.85. The second-order valence-corrected chi connectivity index (χ2v) is 6.85. The first kappa shape index (κ1) is 17.6. The molecule has 1 aliphatic rings. The molecule has 7 heteroatoms. The van der Waals surface area contributed by atoms with E-state index in [4.69, 9.17) is 18.6 Å². The van der Waals surface area contributed by atoms with Crippen molar-refractivity contribution in [3.05, 3.63) is 40.1 Å². The third-order valence-corrected chi connectivity index (χ3v) is 5.07. The number of methoxy groups -OCH3 is 2. The SMILES string of the molecule is COc1cccc2c(=O)c3c(OC)cc4c(c3oc12)CC(C(C)(O)CO)O4. The van der Waals surface area contributed by atoms with Gasteiger partial charge >= 0.3 is 0 Å². The van der Waals surface area contributed by atoms with Crippen LogP contribution in [-0.2, 0) is 6.42 Å². The van der Waals surface area contributed by atoms with E-state index in [1.165, 1.54) is 21.1 Å². The molecule has 2 N–H and O–H groups in total. The fourth-order valence-corrected chi connectivity index (χ4v) is 3.47. The van der Waals surface area contributed by atoms with E-state index in [2.05, 4.69) is 0 Å². The summed E-state index contributed by atoms with van der Waals surface area (Å²) in [5.41, 5.74) is -0.350. The maximum Gasteiger partial charge on any atom is 0.204 e. The van der Waals surface area contributed by atoms with E-state index in [0.29, 0.717) is 44.8 Å². The van der Waals surface area contributed by atoms with Crippen LogP contribution in [0, 0.1) is 0 Å². The minimum absolute atomic E-state index is 0.234. The quantitative estimate of drug-likeness (QED) is 0.676. The molecule has 0 radical (unpaired) electrons. The lowest BCUT2D eigenvalue weighted by molar-refractivity contribution is -0.0729. The van der Waals surface area contributed by atoms with Crippen molar-refractivity contribution in [1.29, 1.82) is 0 Å². The fraction of sp³-hybridized carbons (Fsp3) is 0.350. The molecule has 2 atom stereocenters. The molecule has 0 saturated carbocycles. The first-order valence-corrected chi connectivity index (χ1v) is 8.54. The minimum atomic E-state index is -1.44. The predicted octanol–water partition coefficient (Wildman–Crippen LogP) is 2.01. The van der Waals surface area contributed by atoms with E-state index in [1.807, 2.05) is 0 Å². The van der Waals surface area contributed by atoms with Crippen molar-refractivity contribution in [3.8, 4) is 17.2 Å². The summed E-state index contributed by atoms with van der Waals surface area (Å²) in [5.74, 6) is 1.22. The summed E-state index contributed by atoms with van der Waals surface area (Å²) >= 11 is 0. The lowest BCUT2D eigenvalue weighted by atomic mass is 9.95. The topological polar surface area (TPSA) is 98.4 Å². The van der Waals surface area contributed by atoms with Crippen LogP contribution in [0.3, 0.4) is 0 Å². The zero-order valence-electron chi connectivity index (χ0n) is 15.2. The Balaban J connectivity index is 2.06. The predicted molar refractivity (Wildman–Crippen MR) is 98.9 cm³/mol. The molecule has 27 heavy (non-hydrogen) atoms. The Kier molecular flexibility index (Phi) is 4.01. The van der Waals surface area contributed by atoms with Crippen molar-refractivity contribution in [3.63, 3.8) is 0 Å². The van der Waals surface area contributed by atoms with Crippen LogP contribution >= 0.6 is 0 Å². The summed E-state index contributed by atoms with van der Waals surface area (Å²) in [6.45, 7) is 1.04. The zero-order chi connectivity index (χ0) is 19.3. The van der Waals surface area contributed by atoms with Gasteiger partial charge in [0.15, 0.2) is 11.3 Å². The van der Waals surface area contributed by atoms with Crippen molar-refractivity contribution in [1.82, 2.24) is 0 Å². The molecule has 0 fully saturated rings. The fourth-order valence-electron chi connectivity index (χ4n) is 3.47. The number of para-hydroxylation sites is 1. The van der Waals surface area contributed by atoms with Crippen LogP contribution in [0.4, 0.5) is 0 Å². The van der Waals surface area contributed by atoms with Crippen LogP contribution in [0.1, 0.15) is 12.5 Å². The van der Waals surface area contributed by atoms with E-state index in [0.717, 1.165) is 0 Å². The Hall–Kier alpha value is -2.77. The zero-order valence-corrected chi connectivity index (χ0v) is 15.2. The molecule has 1 aromatic heterocycles. The number of fused-ring (bicyclic) bond motifs is 4. The highest BCUT2D eigenvalue weighted by Gasteiger charge is 2.40. The number of hydrogen-bond acceptors (Lipinski definition) is 7. The monoisotopic (exact) mass is 372 g/mol. The summed E-state index contributed by atoms with van der Waals surface area (Å²) in [6, 6.07) is 6.73. The highest BCUT2D eigenvalue weighted by atomic mass is 16.5. The highest BCUT2D eigenvalue weighted by molar-refractivity contribution is 5.97. The lowest BCUT2D eigenvalue weighted by Gasteiger charge is -2.26. The molecule has 4 rings (SSSR count). The maximum atomic E-state index is 13.1. The van der Waals surface area contributed by atoms with Crippen molar-refractivity contribution in [2.24, 2.45) is 0 Å². The molecule has 0 amide bonds. The van der Waals surface area contributed by atoms with Crippen molar-refractivity contribution in [2.75, 3.05) is 20.8 Å². The Morgan fingerprint density at radius 1 is 1.22 bits per heavy atom. The third-order valence-electron chi connectivity index (χ3n) is 5.07. The molecule has 0 saturated heterocycles. The van der Waals surface area contributed by atoms with Gasteiger partial charge in [0, 0.05) is 18.1 Å². The average Bonchev–Trinajstić information content (AvgIpc) is 3.12. The Morgan fingerprint density at radius 2 is 1.96 bits per heavy atom. The Morgan fingerprint density at radius 3 is 2.63 bits per heavy atom. The largest absolute Gasteiger partial charge is 0.496 e. The van der Waals surface area contributed by atoms with Gasteiger partial charge in [0.2, 0.25) is 5.43 Å². The van der Waals surface area contributed by atoms with Crippen LogP contribution in [0.25, 0.3) is 21.9 Å². The molecular formula is C20H20O7. The number of hydrogen-bond donors (Lipinski definition) is 2. The van der Waals surface area contributed by atoms with Gasteiger partial charge in [0.25, 0.3) is 0 Å². The molecule has 3 aromatic rings. The van der Waals surface area contributed by atoms with Crippen LogP contribution in [0.15, 0.2) is 33.5 Å². The van der Waals surface area contributed by atoms with E-state index >= 15 is 0 Å². The third kappa shape index (κ3) is 2.54. The Bertz CT molecular complexity index is 1100. The van der Waals surface area contributed by atoms with Crippen molar-refractivity contribution < 1.29 is 28.8 Å². The van der Waals surface area contributed by atoms with Gasteiger partial charge in [-0.05, 0) is 19.1 Å². The standard InChI is InChI=1S/C20H20O7/c1-20(23,9-21)15-7-11-13(26-15)8-14(25-3)16-17(22)10-5-4-6-12(24-2)18(10)27-19(11)16/h4-6,8,15,21,23H,7,9H2,1-3H3. The number of ether oxygens (including phenoxy) is 3. The van der Waals surface area contributed by atoms with Crippen LogP contribution < -0.4 is 19.6 Å². The molecule has 1 aliphatic heterocycles. The van der Waals surface area contributed by atoms with Crippen LogP contribution in [0.2, 0.25) is 0 Å².